The minimum atomic E-state index is 0.00518. The number of aryl methyl sites for hydroxylation is 1. The van der Waals surface area contributed by atoms with Gasteiger partial charge in [-0.05, 0) is 60.6 Å². The van der Waals surface area contributed by atoms with Gasteiger partial charge in [-0.1, -0.05) is 0 Å². The average molecular weight is 285 g/mol. The van der Waals surface area contributed by atoms with E-state index in [0.29, 0.717) is 0 Å². The van der Waals surface area contributed by atoms with Crippen molar-refractivity contribution in [1.29, 1.82) is 0 Å². The van der Waals surface area contributed by atoms with Gasteiger partial charge in [0.05, 0.1) is 11.2 Å². The zero-order valence-electron chi connectivity index (χ0n) is 11.8. The standard InChI is InChI=1S/C15H15N3O3/c1-9(19)8-20-18-12-5-3-2-4-10(12)14-13(18)7-6-11-15(14)17-21-16-11/h6-7H,2-5,8H2,1H3. The molecule has 0 bridgehead atoms. The van der Waals surface area contributed by atoms with E-state index in [1.165, 1.54) is 12.5 Å². The number of benzene rings is 1. The minimum Gasteiger partial charge on any atom is -0.406 e. The van der Waals surface area contributed by atoms with E-state index >= 15 is 0 Å². The number of carbonyl (C=O) groups is 1. The molecule has 0 amide bonds. The molecular weight excluding hydrogens is 270 g/mol. The second-order valence-electron chi connectivity index (χ2n) is 5.49. The molecule has 0 radical (unpaired) electrons. The summed E-state index contributed by atoms with van der Waals surface area (Å²) >= 11 is 0. The molecule has 0 spiro atoms. The molecule has 0 atom stereocenters. The molecule has 0 fully saturated rings. The Bertz CT molecular complexity index is 847. The highest BCUT2D eigenvalue weighted by Crippen LogP contribution is 2.35. The zero-order valence-corrected chi connectivity index (χ0v) is 11.8. The molecular formula is C15H15N3O3. The lowest BCUT2D eigenvalue weighted by molar-refractivity contribution is -0.121. The van der Waals surface area contributed by atoms with Crippen LogP contribution in [0.5, 0.6) is 0 Å². The van der Waals surface area contributed by atoms with Gasteiger partial charge in [0.1, 0.15) is 11.0 Å². The summed E-state index contributed by atoms with van der Waals surface area (Å²) in [5, 5.41) is 9.00. The molecule has 21 heavy (non-hydrogen) atoms. The van der Waals surface area contributed by atoms with Crippen molar-refractivity contribution < 1.29 is 14.3 Å². The number of hydrogen-bond donors (Lipinski definition) is 0. The normalized spacial score (nSPS) is 14.5. The molecule has 108 valence electrons. The van der Waals surface area contributed by atoms with Crippen molar-refractivity contribution in [3.05, 3.63) is 23.4 Å². The summed E-state index contributed by atoms with van der Waals surface area (Å²) in [5.74, 6) is 0.00518. The van der Waals surface area contributed by atoms with E-state index in [0.717, 1.165) is 53.3 Å². The van der Waals surface area contributed by atoms with Gasteiger partial charge in [0, 0.05) is 5.39 Å². The van der Waals surface area contributed by atoms with Crippen molar-refractivity contribution in [2.75, 3.05) is 6.61 Å². The van der Waals surface area contributed by atoms with Crippen LogP contribution < -0.4 is 4.84 Å². The molecule has 1 aliphatic rings. The smallest absolute Gasteiger partial charge is 0.172 e. The van der Waals surface area contributed by atoms with Gasteiger partial charge in [-0.25, -0.2) is 4.63 Å². The monoisotopic (exact) mass is 285 g/mol. The van der Waals surface area contributed by atoms with Gasteiger partial charge in [-0.3, -0.25) is 4.79 Å². The Morgan fingerprint density at radius 1 is 1.33 bits per heavy atom. The Morgan fingerprint density at radius 2 is 2.19 bits per heavy atom. The van der Waals surface area contributed by atoms with Crippen molar-refractivity contribution in [2.45, 2.75) is 32.6 Å². The Kier molecular flexibility index (Phi) is 2.70. The highest BCUT2D eigenvalue weighted by molar-refractivity contribution is 6.05. The third-order valence-electron chi connectivity index (χ3n) is 4.01. The van der Waals surface area contributed by atoms with Crippen molar-refractivity contribution in [2.24, 2.45) is 0 Å². The first-order valence-corrected chi connectivity index (χ1v) is 7.16. The van der Waals surface area contributed by atoms with Gasteiger partial charge in [-0.15, -0.1) is 0 Å². The third-order valence-corrected chi connectivity index (χ3v) is 4.01. The predicted octanol–water partition coefficient (Wildman–Crippen LogP) is 2.07. The highest BCUT2D eigenvalue weighted by Gasteiger charge is 2.24. The number of hydrogen-bond acceptors (Lipinski definition) is 5. The van der Waals surface area contributed by atoms with Crippen LogP contribution in [0, 0.1) is 0 Å². The molecule has 1 aromatic carbocycles. The first kappa shape index (κ1) is 12.4. The van der Waals surface area contributed by atoms with Crippen molar-refractivity contribution in [1.82, 2.24) is 15.0 Å². The van der Waals surface area contributed by atoms with Crippen molar-refractivity contribution in [3.8, 4) is 0 Å². The first-order valence-electron chi connectivity index (χ1n) is 7.16. The Balaban J connectivity index is 2.00. The number of fused-ring (bicyclic) bond motifs is 5. The molecule has 0 saturated carbocycles. The summed E-state index contributed by atoms with van der Waals surface area (Å²) in [4.78, 5) is 17.0. The fraction of sp³-hybridized carbons (Fsp3) is 0.400. The fourth-order valence-electron chi connectivity index (χ4n) is 3.14. The molecule has 2 heterocycles. The quantitative estimate of drug-likeness (QED) is 0.736. The lowest BCUT2D eigenvalue weighted by Crippen LogP contribution is -2.21. The molecule has 6 nitrogen and oxygen atoms in total. The van der Waals surface area contributed by atoms with Gasteiger partial charge >= 0.3 is 0 Å². The Labute approximate surface area is 120 Å². The van der Waals surface area contributed by atoms with Crippen LogP contribution >= 0.6 is 0 Å². The van der Waals surface area contributed by atoms with E-state index in [9.17, 15) is 4.79 Å². The first-order chi connectivity index (χ1) is 10.3. The maximum Gasteiger partial charge on any atom is 0.172 e. The van der Waals surface area contributed by atoms with E-state index in [1.807, 2.05) is 12.1 Å². The van der Waals surface area contributed by atoms with Gasteiger partial charge < -0.3 is 4.84 Å². The molecule has 0 aliphatic heterocycles. The van der Waals surface area contributed by atoms with Crippen LogP contribution in [0.25, 0.3) is 21.9 Å². The van der Waals surface area contributed by atoms with E-state index < -0.39 is 0 Å². The summed E-state index contributed by atoms with van der Waals surface area (Å²) in [7, 11) is 0. The fourth-order valence-corrected chi connectivity index (χ4v) is 3.14. The summed E-state index contributed by atoms with van der Waals surface area (Å²) in [6.07, 6.45) is 4.23. The van der Waals surface area contributed by atoms with E-state index in [1.54, 1.807) is 4.73 Å². The summed E-state index contributed by atoms with van der Waals surface area (Å²) in [6.45, 7) is 1.60. The van der Waals surface area contributed by atoms with Crippen LogP contribution in [0.3, 0.4) is 0 Å². The third kappa shape index (κ3) is 1.82. The van der Waals surface area contributed by atoms with Crippen molar-refractivity contribution in [3.63, 3.8) is 0 Å². The predicted molar refractivity (Wildman–Crippen MR) is 76.1 cm³/mol. The second kappa shape index (κ2) is 4.58. The Hall–Kier alpha value is -2.37. The van der Waals surface area contributed by atoms with Gasteiger partial charge in [-0.2, -0.15) is 4.73 Å². The van der Waals surface area contributed by atoms with Crippen LogP contribution in [0.1, 0.15) is 31.0 Å². The van der Waals surface area contributed by atoms with Crippen molar-refractivity contribution >= 4 is 27.7 Å². The van der Waals surface area contributed by atoms with E-state index in [2.05, 4.69) is 10.3 Å². The van der Waals surface area contributed by atoms with Gasteiger partial charge in [0.25, 0.3) is 0 Å². The average Bonchev–Trinajstić information content (AvgIpc) is 3.07. The van der Waals surface area contributed by atoms with Crippen LogP contribution in [0.4, 0.5) is 0 Å². The number of aromatic nitrogens is 3. The summed E-state index contributed by atoms with van der Waals surface area (Å²) < 4.78 is 6.67. The van der Waals surface area contributed by atoms with Crippen LogP contribution in [-0.4, -0.2) is 27.4 Å². The Morgan fingerprint density at radius 3 is 3.05 bits per heavy atom. The zero-order chi connectivity index (χ0) is 14.4. The number of Topliss-reactive ketones (excluding diaryl/α,β-unsaturated/α-hetero) is 1. The van der Waals surface area contributed by atoms with E-state index in [-0.39, 0.29) is 12.4 Å². The molecule has 6 heteroatoms. The van der Waals surface area contributed by atoms with Gasteiger partial charge in [0.2, 0.25) is 0 Å². The van der Waals surface area contributed by atoms with E-state index in [4.69, 9.17) is 9.47 Å². The molecule has 0 unspecified atom stereocenters. The van der Waals surface area contributed by atoms with Crippen LogP contribution in [-0.2, 0) is 17.6 Å². The minimum absolute atomic E-state index is 0.00518. The topological polar surface area (TPSA) is 70.2 Å². The lowest BCUT2D eigenvalue weighted by Gasteiger charge is -2.15. The SMILES string of the molecule is CC(=O)COn1c2c(c3c4nonc4ccc31)CCCC2. The molecule has 2 aromatic heterocycles. The van der Waals surface area contributed by atoms with Crippen LogP contribution in [0.15, 0.2) is 16.8 Å². The molecule has 1 aliphatic carbocycles. The number of rotatable bonds is 3. The largest absolute Gasteiger partial charge is 0.406 e. The highest BCUT2D eigenvalue weighted by atomic mass is 16.7. The number of carbonyl (C=O) groups excluding carboxylic acids is 1. The molecule has 3 aromatic rings. The van der Waals surface area contributed by atoms with Crippen LogP contribution in [0.2, 0.25) is 0 Å². The molecule has 4 rings (SSSR count). The number of nitrogens with zero attached hydrogens (tertiary/aromatic N) is 3. The number of ketones is 1. The summed E-state index contributed by atoms with van der Waals surface area (Å²) in [5.41, 5.74) is 4.86. The maximum atomic E-state index is 11.2. The second-order valence-corrected chi connectivity index (χ2v) is 5.49. The maximum absolute atomic E-state index is 11.2. The van der Waals surface area contributed by atoms with Gasteiger partial charge in [0.15, 0.2) is 12.4 Å². The molecule has 0 N–H and O–H groups in total. The lowest BCUT2D eigenvalue weighted by atomic mass is 9.95. The molecule has 0 saturated heterocycles. The summed E-state index contributed by atoms with van der Waals surface area (Å²) in [6, 6.07) is 3.83.